The van der Waals surface area contributed by atoms with E-state index in [0.717, 1.165) is 0 Å². The summed E-state index contributed by atoms with van der Waals surface area (Å²) in [6.45, 7) is 1.58. The molecule has 0 spiro atoms. The maximum atomic E-state index is 13.1. The van der Waals surface area contributed by atoms with E-state index in [-0.39, 0.29) is 18.0 Å². The summed E-state index contributed by atoms with van der Waals surface area (Å²) in [5, 5.41) is 2.76. The molecule has 0 saturated heterocycles. The topological polar surface area (TPSA) is 55.4 Å². The second kappa shape index (κ2) is 6.26. The summed E-state index contributed by atoms with van der Waals surface area (Å²) in [5.41, 5.74) is 0.769. The zero-order valence-electron chi connectivity index (χ0n) is 10.6. The third-order valence-electron chi connectivity index (χ3n) is 2.71. The van der Waals surface area contributed by atoms with E-state index in [4.69, 9.17) is 0 Å². The maximum Gasteiger partial charge on any atom is 0.307 e. The van der Waals surface area contributed by atoms with Crippen LogP contribution in [0.15, 0.2) is 18.2 Å². The summed E-state index contributed by atoms with van der Waals surface area (Å²) < 4.78 is 17.6. The van der Waals surface area contributed by atoms with E-state index in [1.165, 1.54) is 25.3 Å². The fraction of sp³-hybridized carbons (Fsp3) is 0.385. The number of methoxy groups -OCH3 is 1. The molecule has 1 unspecified atom stereocenters. The number of ketones is 1. The van der Waals surface area contributed by atoms with Crippen LogP contribution in [0.5, 0.6) is 0 Å². The van der Waals surface area contributed by atoms with Gasteiger partial charge >= 0.3 is 5.97 Å². The molecule has 0 bridgehead atoms. The highest BCUT2D eigenvalue weighted by Crippen LogP contribution is 2.12. The van der Waals surface area contributed by atoms with Crippen molar-refractivity contribution in [3.05, 3.63) is 35.1 Å². The van der Waals surface area contributed by atoms with Crippen molar-refractivity contribution in [3.8, 4) is 0 Å². The number of rotatable bonds is 5. The zero-order chi connectivity index (χ0) is 13.7. The minimum absolute atomic E-state index is 0.0533. The quantitative estimate of drug-likeness (QED) is 0.637. The van der Waals surface area contributed by atoms with Gasteiger partial charge < -0.3 is 10.1 Å². The predicted molar refractivity (Wildman–Crippen MR) is 64.9 cm³/mol. The smallest absolute Gasteiger partial charge is 0.307 e. The molecule has 0 fully saturated rings. The lowest BCUT2D eigenvalue weighted by Gasteiger charge is -2.14. The lowest BCUT2D eigenvalue weighted by Crippen LogP contribution is -2.36. The number of carbonyl (C=O) groups is 2. The maximum absolute atomic E-state index is 13.1. The molecule has 0 aliphatic heterocycles. The molecule has 1 aromatic carbocycles. The lowest BCUT2D eigenvalue weighted by molar-refractivity contribution is -0.140. The number of halogens is 1. The number of carbonyl (C=O) groups excluding carboxylic acids is 2. The Balaban J connectivity index is 2.89. The van der Waals surface area contributed by atoms with Crippen molar-refractivity contribution >= 4 is 11.8 Å². The van der Waals surface area contributed by atoms with E-state index in [0.29, 0.717) is 11.1 Å². The standard InChI is InChI=1S/C13H16FNO3/c1-8-6-9(4-5-10(8)14)13(17)11(15-2)7-12(16)18-3/h4-6,11,15H,7H2,1-3H3. The summed E-state index contributed by atoms with van der Waals surface area (Å²) in [4.78, 5) is 23.3. The van der Waals surface area contributed by atoms with E-state index in [2.05, 4.69) is 10.1 Å². The van der Waals surface area contributed by atoms with Crippen molar-refractivity contribution in [1.82, 2.24) is 5.32 Å². The molecule has 0 radical (unpaired) electrons. The molecule has 0 aliphatic carbocycles. The van der Waals surface area contributed by atoms with Crippen molar-refractivity contribution < 1.29 is 18.7 Å². The number of Topliss-reactive ketones (excluding diaryl/α,β-unsaturated/α-hetero) is 1. The molecule has 1 atom stereocenters. The molecular weight excluding hydrogens is 237 g/mol. The number of ether oxygens (including phenoxy) is 1. The molecule has 1 N–H and O–H groups in total. The fourth-order valence-corrected chi connectivity index (χ4v) is 1.57. The molecule has 0 aromatic heterocycles. The Morgan fingerprint density at radius 1 is 1.44 bits per heavy atom. The average Bonchev–Trinajstić information content (AvgIpc) is 2.38. The molecular formula is C13H16FNO3. The van der Waals surface area contributed by atoms with Gasteiger partial charge in [-0.15, -0.1) is 0 Å². The second-order valence-electron chi connectivity index (χ2n) is 3.95. The van der Waals surface area contributed by atoms with Gasteiger partial charge in [0, 0.05) is 5.56 Å². The van der Waals surface area contributed by atoms with Gasteiger partial charge in [0.25, 0.3) is 0 Å². The van der Waals surface area contributed by atoms with E-state index in [1.54, 1.807) is 14.0 Å². The van der Waals surface area contributed by atoms with E-state index < -0.39 is 12.0 Å². The Bertz CT molecular complexity index is 460. The lowest BCUT2D eigenvalue weighted by atomic mass is 10.00. The monoisotopic (exact) mass is 253 g/mol. The molecule has 0 heterocycles. The molecule has 5 heteroatoms. The highest BCUT2D eigenvalue weighted by Gasteiger charge is 2.22. The molecule has 98 valence electrons. The highest BCUT2D eigenvalue weighted by molar-refractivity contribution is 6.01. The zero-order valence-corrected chi connectivity index (χ0v) is 10.6. The molecule has 18 heavy (non-hydrogen) atoms. The van der Waals surface area contributed by atoms with Gasteiger partial charge in [-0.1, -0.05) is 0 Å². The molecule has 1 aromatic rings. The van der Waals surface area contributed by atoms with Gasteiger partial charge in [0.2, 0.25) is 0 Å². The minimum atomic E-state index is -0.665. The van der Waals surface area contributed by atoms with Gasteiger partial charge in [0.15, 0.2) is 5.78 Å². The Kier molecular flexibility index (Phi) is 4.97. The van der Waals surface area contributed by atoms with Gasteiger partial charge in [-0.2, -0.15) is 0 Å². The van der Waals surface area contributed by atoms with Crippen LogP contribution in [0.4, 0.5) is 4.39 Å². The number of hydrogen-bond acceptors (Lipinski definition) is 4. The first-order valence-electron chi connectivity index (χ1n) is 5.54. The molecule has 0 saturated carbocycles. The van der Waals surface area contributed by atoms with Crippen molar-refractivity contribution in [2.24, 2.45) is 0 Å². The Morgan fingerprint density at radius 3 is 2.61 bits per heavy atom. The largest absolute Gasteiger partial charge is 0.469 e. The first-order chi connectivity index (χ1) is 8.49. The predicted octanol–water partition coefficient (Wildman–Crippen LogP) is 1.47. The third-order valence-corrected chi connectivity index (χ3v) is 2.71. The number of likely N-dealkylation sites (N-methyl/N-ethyl adjacent to an activating group) is 1. The summed E-state index contributed by atoms with van der Waals surface area (Å²) >= 11 is 0. The summed E-state index contributed by atoms with van der Waals surface area (Å²) in [5.74, 6) is -1.09. The van der Waals surface area contributed by atoms with E-state index in [9.17, 15) is 14.0 Å². The highest BCUT2D eigenvalue weighted by atomic mass is 19.1. The summed E-state index contributed by atoms with van der Waals surface area (Å²) in [6.07, 6.45) is -0.0533. The molecule has 0 amide bonds. The SMILES string of the molecule is CNC(CC(=O)OC)C(=O)c1ccc(F)c(C)c1. The average molecular weight is 253 g/mol. The van der Waals surface area contributed by atoms with Crippen molar-refractivity contribution in [2.45, 2.75) is 19.4 Å². The third kappa shape index (κ3) is 3.37. The Labute approximate surface area is 105 Å². The molecule has 4 nitrogen and oxygen atoms in total. The van der Waals surface area contributed by atoms with Gasteiger partial charge in [-0.25, -0.2) is 4.39 Å². The van der Waals surface area contributed by atoms with Gasteiger partial charge in [0.05, 0.1) is 19.6 Å². The number of esters is 1. The number of benzene rings is 1. The van der Waals surface area contributed by atoms with Crippen LogP contribution in [0, 0.1) is 12.7 Å². The number of aryl methyl sites for hydroxylation is 1. The minimum Gasteiger partial charge on any atom is -0.469 e. The Morgan fingerprint density at radius 2 is 2.11 bits per heavy atom. The first kappa shape index (κ1) is 14.3. The van der Waals surface area contributed by atoms with Crippen LogP contribution in [-0.4, -0.2) is 32.0 Å². The van der Waals surface area contributed by atoms with Crippen LogP contribution in [0.1, 0.15) is 22.3 Å². The van der Waals surface area contributed by atoms with Gasteiger partial charge in [-0.05, 0) is 37.7 Å². The van der Waals surface area contributed by atoms with Crippen LogP contribution in [-0.2, 0) is 9.53 Å². The summed E-state index contributed by atoms with van der Waals surface area (Å²) in [6, 6.07) is 3.46. The van der Waals surface area contributed by atoms with E-state index >= 15 is 0 Å². The van der Waals surface area contributed by atoms with Crippen LogP contribution in [0.25, 0.3) is 0 Å². The number of hydrogen-bond donors (Lipinski definition) is 1. The van der Waals surface area contributed by atoms with Gasteiger partial charge in [0.1, 0.15) is 5.82 Å². The number of nitrogens with one attached hydrogen (secondary N) is 1. The molecule has 1 rings (SSSR count). The van der Waals surface area contributed by atoms with Crippen LogP contribution in [0.2, 0.25) is 0 Å². The van der Waals surface area contributed by atoms with Crippen LogP contribution in [0.3, 0.4) is 0 Å². The van der Waals surface area contributed by atoms with Crippen molar-refractivity contribution in [2.75, 3.05) is 14.2 Å². The van der Waals surface area contributed by atoms with Crippen LogP contribution >= 0.6 is 0 Å². The Hall–Kier alpha value is -1.75. The summed E-state index contributed by atoms with van der Waals surface area (Å²) in [7, 11) is 2.85. The van der Waals surface area contributed by atoms with Crippen molar-refractivity contribution in [1.29, 1.82) is 0 Å². The normalized spacial score (nSPS) is 12.0. The van der Waals surface area contributed by atoms with E-state index in [1.807, 2.05) is 0 Å². The van der Waals surface area contributed by atoms with Gasteiger partial charge in [-0.3, -0.25) is 9.59 Å². The first-order valence-corrected chi connectivity index (χ1v) is 5.54. The molecule has 0 aliphatic rings. The fourth-order valence-electron chi connectivity index (χ4n) is 1.57. The van der Waals surface area contributed by atoms with Crippen LogP contribution < -0.4 is 5.32 Å². The second-order valence-corrected chi connectivity index (χ2v) is 3.95. The van der Waals surface area contributed by atoms with Crippen molar-refractivity contribution in [3.63, 3.8) is 0 Å².